The van der Waals surface area contributed by atoms with E-state index in [9.17, 15) is 19.1 Å². The molecule has 2 aromatic rings. The number of hydrogen-bond acceptors (Lipinski definition) is 3. The maximum Gasteiger partial charge on any atom is 0.294 e. The third-order valence-electron chi connectivity index (χ3n) is 4.77. The average Bonchev–Trinajstić information content (AvgIpc) is 2.86. The molecule has 0 radical (unpaired) electrons. The molecule has 0 saturated heterocycles. The number of nitrogens with zero attached hydrogens (tertiary/aromatic N) is 1. The number of halogens is 1. The van der Waals surface area contributed by atoms with E-state index >= 15 is 0 Å². The minimum Gasteiger partial charge on any atom is -0.503 e. The van der Waals surface area contributed by atoms with E-state index in [2.05, 4.69) is 0 Å². The zero-order valence-electron chi connectivity index (χ0n) is 16.5. The van der Waals surface area contributed by atoms with Gasteiger partial charge in [-0.3, -0.25) is 14.5 Å². The van der Waals surface area contributed by atoms with E-state index < -0.39 is 23.5 Å². The van der Waals surface area contributed by atoms with Gasteiger partial charge in [0.05, 0.1) is 11.6 Å². The second-order valence-corrected chi connectivity index (χ2v) is 7.76. The number of carbonyl (C=O) groups excluding carboxylic acids is 2. The summed E-state index contributed by atoms with van der Waals surface area (Å²) in [5, 5.41) is 10.6. The first-order valence-corrected chi connectivity index (χ1v) is 9.32. The Morgan fingerprint density at radius 3 is 2.21 bits per heavy atom. The maximum absolute atomic E-state index is 13.5. The van der Waals surface area contributed by atoms with Crippen molar-refractivity contribution in [3.63, 3.8) is 0 Å². The lowest BCUT2D eigenvalue weighted by Crippen LogP contribution is -2.31. The van der Waals surface area contributed by atoms with Gasteiger partial charge < -0.3 is 5.11 Å². The number of carbonyl (C=O) groups is 2. The standard InChI is InChI=1S/C23H24FNO3/c1-13(2)9-19(26)20-21(16-5-7-17(24)8-6-16)25(23(28)22(20)27)18-11-14(3)10-15(4)12-18/h5-8,10-13,21,27H,9H2,1-4H3. The van der Waals surface area contributed by atoms with Crippen molar-refractivity contribution in [3.05, 3.63) is 76.3 Å². The molecule has 146 valence electrons. The van der Waals surface area contributed by atoms with Crippen LogP contribution in [0.2, 0.25) is 0 Å². The maximum atomic E-state index is 13.5. The molecule has 2 aromatic carbocycles. The fraction of sp³-hybridized carbons (Fsp3) is 0.304. The second kappa shape index (κ2) is 7.58. The summed E-state index contributed by atoms with van der Waals surface area (Å²) in [6.45, 7) is 7.64. The first-order valence-electron chi connectivity index (χ1n) is 9.32. The van der Waals surface area contributed by atoms with Crippen LogP contribution in [0.4, 0.5) is 10.1 Å². The Balaban J connectivity index is 2.17. The lowest BCUT2D eigenvalue weighted by molar-refractivity contribution is -0.118. The minimum atomic E-state index is -0.791. The molecular weight excluding hydrogens is 357 g/mol. The summed E-state index contributed by atoms with van der Waals surface area (Å²) in [7, 11) is 0. The highest BCUT2D eigenvalue weighted by Crippen LogP contribution is 2.42. The normalized spacial score (nSPS) is 17.0. The van der Waals surface area contributed by atoms with E-state index in [0.29, 0.717) is 11.3 Å². The van der Waals surface area contributed by atoms with Crippen LogP contribution in [0.3, 0.4) is 0 Å². The molecule has 5 heteroatoms. The zero-order valence-corrected chi connectivity index (χ0v) is 16.5. The molecule has 1 amide bonds. The van der Waals surface area contributed by atoms with Crippen LogP contribution in [0.1, 0.15) is 43.0 Å². The van der Waals surface area contributed by atoms with Crippen molar-refractivity contribution in [1.29, 1.82) is 0 Å². The first kappa shape index (κ1) is 19.8. The molecule has 1 unspecified atom stereocenters. The van der Waals surface area contributed by atoms with Gasteiger partial charge >= 0.3 is 0 Å². The summed E-state index contributed by atoms with van der Waals surface area (Å²) in [4.78, 5) is 27.3. The number of Topliss-reactive ketones (excluding diaryl/α,β-unsaturated/α-hetero) is 1. The van der Waals surface area contributed by atoms with Gasteiger partial charge in [-0.05, 0) is 60.7 Å². The van der Waals surface area contributed by atoms with Crippen molar-refractivity contribution in [3.8, 4) is 0 Å². The number of aryl methyl sites for hydroxylation is 2. The molecule has 1 heterocycles. The molecule has 28 heavy (non-hydrogen) atoms. The van der Waals surface area contributed by atoms with E-state index in [1.54, 1.807) is 12.1 Å². The third-order valence-corrected chi connectivity index (χ3v) is 4.77. The van der Waals surface area contributed by atoms with Crippen LogP contribution in [0.25, 0.3) is 0 Å². The van der Waals surface area contributed by atoms with E-state index in [4.69, 9.17) is 0 Å². The van der Waals surface area contributed by atoms with E-state index in [1.807, 2.05) is 45.9 Å². The average molecular weight is 381 g/mol. The lowest BCUT2D eigenvalue weighted by Gasteiger charge is -2.27. The molecule has 1 aliphatic rings. The largest absolute Gasteiger partial charge is 0.503 e. The molecule has 4 nitrogen and oxygen atoms in total. The van der Waals surface area contributed by atoms with Crippen LogP contribution in [0.5, 0.6) is 0 Å². The van der Waals surface area contributed by atoms with Gasteiger partial charge in [-0.2, -0.15) is 0 Å². The summed E-state index contributed by atoms with van der Waals surface area (Å²) < 4.78 is 13.5. The number of rotatable bonds is 5. The molecule has 1 atom stereocenters. The fourth-order valence-corrected chi connectivity index (χ4v) is 3.69. The Hall–Kier alpha value is -2.95. The Morgan fingerprint density at radius 1 is 1.11 bits per heavy atom. The minimum absolute atomic E-state index is 0.0736. The van der Waals surface area contributed by atoms with Crippen LogP contribution in [0, 0.1) is 25.6 Å². The predicted octanol–water partition coefficient (Wildman–Crippen LogP) is 4.96. The molecule has 1 N–H and O–H groups in total. The molecular formula is C23H24FNO3. The smallest absolute Gasteiger partial charge is 0.294 e. The first-order chi connectivity index (χ1) is 13.2. The van der Waals surface area contributed by atoms with Crippen molar-refractivity contribution in [2.24, 2.45) is 5.92 Å². The Kier molecular flexibility index (Phi) is 5.36. The van der Waals surface area contributed by atoms with Gasteiger partial charge in [0.2, 0.25) is 0 Å². The zero-order chi connectivity index (χ0) is 20.6. The third kappa shape index (κ3) is 3.70. The van der Waals surface area contributed by atoms with Crippen LogP contribution < -0.4 is 4.90 Å². The number of anilines is 1. The quantitative estimate of drug-likeness (QED) is 0.797. The van der Waals surface area contributed by atoms with Gasteiger partial charge in [-0.25, -0.2) is 4.39 Å². The van der Waals surface area contributed by atoms with Crippen molar-refractivity contribution in [2.45, 2.75) is 40.2 Å². The molecule has 0 saturated carbocycles. The van der Waals surface area contributed by atoms with Gasteiger partial charge in [0, 0.05) is 12.1 Å². The Morgan fingerprint density at radius 2 is 1.68 bits per heavy atom. The molecule has 0 spiro atoms. The van der Waals surface area contributed by atoms with Gasteiger partial charge in [-0.1, -0.05) is 32.0 Å². The van der Waals surface area contributed by atoms with E-state index in [0.717, 1.165) is 11.1 Å². The summed E-state index contributed by atoms with van der Waals surface area (Å²) in [5.74, 6) is -1.76. The van der Waals surface area contributed by atoms with Crippen molar-refractivity contribution in [1.82, 2.24) is 0 Å². The number of aliphatic hydroxyl groups excluding tert-OH is 1. The molecule has 0 aromatic heterocycles. The number of ketones is 1. The molecule has 3 rings (SSSR count). The van der Waals surface area contributed by atoms with Gasteiger partial charge in [-0.15, -0.1) is 0 Å². The van der Waals surface area contributed by atoms with Crippen molar-refractivity contribution < 1.29 is 19.1 Å². The molecule has 1 aliphatic heterocycles. The predicted molar refractivity (Wildman–Crippen MR) is 107 cm³/mol. The Bertz CT molecular complexity index is 940. The van der Waals surface area contributed by atoms with Crippen LogP contribution in [0.15, 0.2) is 53.8 Å². The highest BCUT2D eigenvalue weighted by atomic mass is 19.1. The number of benzene rings is 2. The van der Waals surface area contributed by atoms with E-state index in [-0.39, 0.29) is 23.7 Å². The highest BCUT2D eigenvalue weighted by molar-refractivity contribution is 6.16. The van der Waals surface area contributed by atoms with Gasteiger partial charge in [0.25, 0.3) is 5.91 Å². The highest BCUT2D eigenvalue weighted by Gasteiger charge is 2.44. The number of aliphatic hydroxyl groups is 1. The lowest BCUT2D eigenvalue weighted by atomic mass is 9.92. The van der Waals surface area contributed by atoms with Gasteiger partial charge in [0.1, 0.15) is 5.82 Å². The number of amides is 1. The topological polar surface area (TPSA) is 57.6 Å². The van der Waals surface area contributed by atoms with Gasteiger partial charge in [0.15, 0.2) is 11.5 Å². The summed E-state index contributed by atoms with van der Waals surface area (Å²) in [5.41, 5.74) is 3.16. The second-order valence-electron chi connectivity index (χ2n) is 7.76. The summed E-state index contributed by atoms with van der Waals surface area (Å²) in [6, 6.07) is 10.5. The van der Waals surface area contributed by atoms with Crippen LogP contribution in [-0.2, 0) is 9.59 Å². The van der Waals surface area contributed by atoms with Crippen LogP contribution in [-0.4, -0.2) is 16.8 Å². The molecule has 0 aliphatic carbocycles. The van der Waals surface area contributed by atoms with E-state index in [1.165, 1.54) is 17.0 Å². The fourth-order valence-electron chi connectivity index (χ4n) is 3.69. The van der Waals surface area contributed by atoms with Crippen molar-refractivity contribution >= 4 is 17.4 Å². The summed E-state index contributed by atoms with van der Waals surface area (Å²) in [6.07, 6.45) is 0.213. The monoisotopic (exact) mass is 381 g/mol. The summed E-state index contributed by atoms with van der Waals surface area (Å²) >= 11 is 0. The molecule has 0 bridgehead atoms. The number of hydrogen-bond donors (Lipinski definition) is 1. The van der Waals surface area contributed by atoms with Crippen LogP contribution >= 0.6 is 0 Å². The van der Waals surface area contributed by atoms with Crippen molar-refractivity contribution in [2.75, 3.05) is 4.90 Å². The Labute approximate surface area is 164 Å². The molecule has 0 fully saturated rings. The SMILES string of the molecule is Cc1cc(C)cc(N2C(=O)C(O)=C(C(=O)CC(C)C)C2c2ccc(F)cc2)c1.